The molecular formula is C34H50F2. The molecule has 0 spiro atoms. The van der Waals surface area contributed by atoms with E-state index in [2.05, 4.69) is 38.2 Å². The van der Waals surface area contributed by atoms with Gasteiger partial charge in [0, 0.05) is 5.92 Å². The van der Waals surface area contributed by atoms with Crippen molar-refractivity contribution < 1.29 is 8.78 Å². The standard InChI is InChI=1S/C34H50F2/c1-3-5-6-8-26-9-11-27(12-10-26)13-14-28-17-21-30(22-18-28)32-24-23-31(33(35)34(32)36)29-19-15-25(7-4-2)16-20-29/h13-14,17,21,23-30H,3-12,15-16,18-20,22H2,1-2H3. The second-order valence-electron chi connectivity index (χ2n) is 12.3. The van der Waals surface area contributed by atoms with Gasteiger partial charge in [-0.25, -0.2) is 8.78 Å². The SMILES string of the molecule is CCCCCC1CCC(C=CC2C=CC(c3ccc(C4CCC(CCC)CC4)c(F)c3F)CC2)CC1. The van der Waals surface area contributed by atoms with Crippen LogP contribution in [0, 0.1) is 35.3 Å². The summed E-state index contributed by atoms with van der Waals surface area (Å²) in [7, 11) is 0. The maximum absolute atomic E-state index is 15.2. The third-order valence-electron chi connectivity index (χ3n) is 9.66. The lowest BCUT2D eigenvalue weighted by Gasteiger charge is -2.29. The van der Waals surface area contributed by atoms with Crippen LogP contribution in [-0.2, 0) is 0 Å². The summed E-state index contributed by atoms with van der Waals surface area (Å²) in [6.45, 7) is 4.52. The van der Waals surface area contributed by atoms with Crippen LogP contribution in [0.15, 0.2) is 36.4 Å². The molecule has 0 radical (unpaired) electrons. The summed E-state index contributed by atoms with van der Waals surface area (Å²) in [6, 6.07) is 3.78. The fourth-order valence-corrected chi connectivity index (χ4v) is 7.26. The Morgan fingerprint density at radius 3 is 2.00 bits per heavy atom. The topological polar surface area (TPSA) is 0 Å². The van der Waals surface area contributed by atoms with Crippen LogP contribution in [0.4, 0.5) is 8.78 Å². The molecule has 2 fully saturated rings. The summed E-state index contributed by atoms with van der Waals surface area (Å²) >= 11 is 0. The first-order chi connectivity index (χ1) is 17.6. The second-order valence-corrected chi connectivity index (χ2v) is 12.3. The van der Waals surface area contributed by atoms with Crippen molar-refractivity contribution in [1.82, 2.24) is 0 Å². The van der Waals surface area contributed by atoms with E-state index in [1.165, 1.54) is 64.2 Å². The maximum atomic E-state index is 15.2. The summed E-state index contributed by atoms with van der Waals surface area (Å²) < 4.78 is 30.3. The van der Waals surface area contributed by atoms with Crippen LogP contribution in [0.2, 0.25) is 0 Å². The summed E-state index contributed by atoms with van der Waals surface area (Å²) in [5.41, 5.74) is 1.17. The van der Waals surface area contributed by atoms with Gasteiger partial charge in [-0.3, -0.25) is 0 Å². The second kappa shape index (κ2) is 13.9. The van der Waals surface area contributed by atoms with Crippen molar-refractivity contribution in [3.63, 3.8) is 0 Å². The van der Waals surface area contributed by atoms with Gasteiger partial charge in [0.2, 0.25) is 0 Å². The molecule has 0 aromatic heterocycles. The molecule has 0 heterocycles. The molecule has 0 nitrogen and oxygen atoms in total. The van der Waals surface area contributed by atoms with E-state index in [1.54, 1.807) is 0 Å². The number of rotatable bonds is 10. The highest BCUT2D eigenvalue weighted by molar-refractivity contribution is 5.34. The number of hydrogen-bond donors (Lipinski definition) is 0. The smallest absolute Gasteiger partial charge is 0.162 e. The third-order valence-corrected chi connectivity index (χ3v) is 9.66. The molecule has 0 N–H and O–H groups in total. The Kier molecular flexibility index (Phi) is 10.7. The van der Waals surface area contributed by atoms with Gasteiger partial charge in [-0.05, 0) is 105 Å². The fraction of sp³-hybridized carbons (Fsp3) is 0.706. The predicted octanol–water partition coefficient (Wildman–Crippen LogP) is 11.0. The lowest BCUT2D eigenvalue weighted by atomic mass is 9.76. The molecular weight excluding hydrogens is 446 g/mol. The summed E-state index contributed by atoms with van der Waals surface area (Å²) in [5.74, 6) is 1.91. The first-order valence-electron chi connectivity index (χ1n) is 15.4. The van der Waals surface area contributed by atoms with Gasteiger partial charge in [0.25, 0.3) is 0 Å². The normalized spacial score (nSPS) is 31.2. The van der Waals surface area contributed by atoms with E-state index in [1.807, 2.05) is 12.1 Å². The Balaban J connectivity index is 1.28. The summed E-state index contributed by atoms with van der Waals surface area (Å²) in [6.07, 6.45) is 28.9. The molecule has 4 rings (SSSR count). The first-order valence-corrected chi connectivity index (χ1v) is 15.4. The molecule has 3 aliphatic carbocycles. The molecule has 2 unspecified atom stereocenters. The van der Waals surface area contributed by atoms with Crippen LogP contribution in [0.3, 0.4) is 0 Å². The molecule has 2 heteroatoms. The van der Waals surface area contributed by atoms with Gasteiger partial charge < -0.3 is 0 Å². The van der Waals surface area contributed by atoms with Crippen LogP contribution < -0.4 is 0 Å². The van der Waals surface area contributed by atoms with Gasteiger partial charge in [0.1, 0.15) is 0 Å². The van der Waals surface area contributed by atoms with Gasteiger partial charge in [-0.15, -0.1) is 0 Å². The largest absolute Gasteiger partial charge is 0.203 e. The monoisotopic (exact) mass is 496 g/mol. The number of hydrogen-bond acceptors (Lipinski definition) is 0. The van der Waals surface area contributed by atoms with E-state index in [4.69, 9.17) is 0 Å². The van der Waals surface area contributed by atoms with Gasteiger partial charge in [-0.2, -0.15) is 0 Å². The van der Waals surface area contributed by atoms with E-state index >= 15 is 8.78 Å². The minimum absolute atomic E-state index is 0.00273. The fourth-order valence-electron chi connectivity index (χ4n) is 7.26. The third kappa shape index (κ3) is 7.32. The Morgan fingerprint density at radius 2 is 1.33 bits per heavy atom. The van der Waals surface area contributed by atoms with Crippen molar-refractivity contribution in [2.75, 3.05) is 0 Å². The quantitative estimate of drug-likeness (QED) is 0.223. The lowest BCUT2D eigenvalue weighted by Crippen LogP contribution is -2.16. The van der Waals surface area contributed by atoms with E-state index < -0.39 is 11.6 Å². The van der Waals surface area contributed by atoms with E-state index in [9.17, 15) is 0 Å². The average molecular weight is 497 g/mol. The lowest BCUT2D eigenvalue weighted by molar-refractivity contribution is 0.289. The predicted molar refractivity (Wildman–Crippen MR) is 149 cm³/mol. The van der Waals surface area contributed by atoms with Crippen molar-refractivity contribution in [2.45, 2.75) is 128 Å². The highest BCUT2D eigenvalue weighted by Gasteiger charge is 2.28. The zero-order chi connectivity index (χ0) is 25.3. The molecule has 0 amide bonds. The number of benzene rings is 1. The van der Waals surface area contributed by atoms with Gasteiger partial charge in [0.05, 0.1) is 0 Å². The van der Waals surface area contributed by atoms with Crippen LogP contribution in [0.25, 0.3) is 0 Å². The number of allylic oxidation sites excluding steroid dienone is 4. The molecule has 1 aromatic carbocycles. The Bertz CT molecular complexity index is 852. The zero-order valence-electron chi connectivity index (χ0n) is 23.0. The van der Waals surface area contributed by atoms with Crippen molar-refractivity contribution in [1.29, 1.82) is 0 Å². The number of halogens is 2. The van der Waals surface area contributed by atoms with Crippen LogP contribution >= 0.6 is 0 Å². The highest BCUT2D eigenvalue weighted by atomic mass is 19.2. The maximum Gasteiger partial charge on any atom is 0.162 e. The van der Waals surface area contributed by atoms with Crippen LogP contribution in [-0.4, -0.2) is 0 Å². The van der Waals surface area contributed by atoms with Crippen LogP contribution in [0.1, 0.15) is 140 Å². The Labute approximate surface area is 220 Å². The van der Waals surface area contributed by atoms with E-state index in [0.29, 0.717) is 17.0 Å². The van der Waals surface area contributed by atoms with Gasteiger partial charge in [-0.1, -0.05) is 88.8 Å². The molecule has 2 saturated carbocycles. The van der Waals surface area contributed by atoms with Crippen LogP contribution in [0.5, 0.6) is 0 Å². The molecule has 0 bridgehead atoms. The Morgan fingerprint density at radius 1 is 0.667 bits per heavy atom. The molecule has 2 atom stereocenters. The van der Waals surface area contributed by atoms with E-state index in [0.717, 1.165) is 56.3 Å². The molecule has 0 saturated heterocycles. The van der Waals surface area contributed by atoms with Gasteiger partial charge in [0.15, 0.2) is 11.6 Å². The highest BCUT2D eigenvalue weighted by Crippen LogP contribution is 2.41. The minimum Gasteiger partial charge on any atom is -0.203 e. The molecule has 1 aromatic rings. The van der Waals surface area contributed by atoms with Crippen molar-refractivity contribution in [3.05, 3.63) is 59.2 Å². The summed E-state index contributed by atoms with van der Waals surface area (Å²) in [4.78, 5) is 0. The first kappa shape index (κ1) is 27.6. The molecule has 0 aliphatic heterocycles. The molecule has 36 heavy (non-hydrogen) atoms. The van der Waals surface area contributed by atoms with Crippen molar-refractivity contribution in [3.8, 4) is 0 Å². The molecule has 3 aliphatic rings. The summed E-state index contributed by atoms with van der Waals surface area (Å²) in [5, 5.41) is 0. The number of unbranched alkanes of at least 4 members (excludes halogenated alkanes) is 2. The van der Waals surface area contributed by atoms with Crippen molar-refractivity contribution in [2.24, 2.45) is 23.7 Å². The van der Waals surface area contributed by atoms with Gasteiger partial charge >= 0.3 is 0 Å². The van der Waals surface area contributed by atoms with E-state index in [-0.39, 0.29) is 11.8 Å². The molecule has 200 valence electrons. The zero-order valence-corrected chi connectivity index (χ0v) is 23.0. The minimum atomic E-state index is -0.595. The average Bonchev–Trinajstić information content (AvgIpc) is 2.91. The Hall–Kier alpha value is -1.44. The van der Waals surface area contributed by atoms with Crippen molar-refractivity contribution >= 4 is 0 Å².